The summed E-state index contributed by atoms with van der Waals surface area (Å²) in [5, 5.41) is 19.9. The van der Waals surface area contributed by atoms with Gasteiger partial charge >= 0.3 is 0 Å². The van der Waals surface area contributed by atoms with Crippen LogP contribution in [0.3, 0.4) is 0 Å². The molecule has 0 spiro atoms. The molecule has 1 rings (SSSR count). The van der Waals surface area contributed by atoms with E-state index in [2.05, 4.69) is 15.9 Å². The maximum atomic E-state index is 10.1. The van der Waals surface area contributed by atoms with Crippen molar-refractivity contribution in [2.45, 2.75) is 32.9 Å². The van der Waals surface area contributed by atoms with Gasteiger partial charge in [-0.15, -0.1) is 12.4 Å². The quantitative estimate of drug-likeness (QED) is 0.783. The number of aliphatic hydroxyl groups is 1. The SMILES string of the molecule is CC(C)(C)[C@@H](O)[C@@H](N)c1cccc(Br)c1O.Cl. The molecule has 0 fully saturated rings. The lowest BCUT2D eigenvalue weighted by Gasteiger charge is -2.31. The van der Waals surface area contributed by atoms with Crippen molar-refractivity contribution >= 4 is 28.3 Å². The van der Waals surface area contributed by atoms with Crippen molar-refractivity contribution in [2.24, 2.45) is 11.1 Å². The molecule has 0 heterocycles. The highest BCUT2D eigenvalue weighted by atomic mass is 79.9. The van der Waals surface area contributed by atoms with Crippen LogP contribution in [-0.2, 0) is 0 Å². The van der Waals surface area contributed by atoms with E-state index in [-0.39, 0.29) is 23.6 Å². The fourth-order valence-electron chi connectivity index (χ4n) is 1.51. The largest absolute Gasteiger partial charge is 0.506 e. The number of para-hydroxylation sites is 1. The maximum Gasteiger partial charge on any atom is 0.134 e. The summed E-state index contributed by atoms with van der Waals surface area (Å²) in [4.78, 5) is 0. The fraction of sp³-hybridized carbons (Fsp3) is 0.500. The summed E-state index contributed by atoms with van der Waals surface area (Å²) >= 11 is 3.23. The van der Waals surface area contributed by atoms with Crippen molar-refractivity contribution in [3.05, 3.63) is 28.2 Å². The summed E-state index contributed by atoms with van der Waals surface area (Å²) in [6, 6.07) is 4.64. The first-order valence-electron chi connectivity index (χ1n) is 5.16. The molecule has 98 valence electrons. The number of nitrogens with two attached hydrogens (primary N) is 1. The van der Waals surface area contributed by atoms with Crippen LogP contribution in [0.2, 0.25) is 0 Å². The van der Waals surface area contributed by atoms with E-state index >= 15 is 0 Å². The molecular weight excluding hydrogens is 305 g/mol. The van der Waals surface area contributed by atoms with E-state index in [0.717, 1.165) is 0 Å². The third-order valence-electron chi connectivity index (χ3n) is 2.60. The fourth-order valence-corrected chi connectivity index (χ4v) is 1.89. The molecule has 0 aliphatic rings. The summed E-state index contributed by atoms with van der Waals surface area (Å²) in [7, 11) is 0. The molecule has 0 aromatic heterocycles. The van der Waals surface area contributed by atoms with Gasteiger partial charge in [-0.1, -0.05) is 32.9 Å². The lowest BCUT2D eigenvalue weighted by molar-refractivity contribution is 0.0394. The first-order chi connectivity index (χ1) is 7.25. The Morgan fingerprint density at radius 2 is 1.82 bits per heavy atom. The molecule has 0 aliphatic carbocycles. The van der Waals surface area contributed by atoms with Crippen LogP contribution in [0, 0.1) is 5.41 Å². The van der Waals surface area contributed by atoms with Gasteiger partial charge in [0.2, 0.25) is 0 Å². The Hall–Kier alpha value is -0.290. The molecule has 0 aliphatic heterocycles. The van der Waals surface area contributed by atoms with Crippen LogP contribution in [0.1, 0.15) is 32.4 Å². The number of hydrogen-bond acceptors (Lipinski definition) is 3. The molecule has 17 heavy (non-hydrogen) atoms. The van der Waals surface area contributed by atoms with Gasteiger partial charge in [0.1, 0.15) is 5.75 Å². The predicted molar refractivity (Wildman–Crippen MR) is 75.4 cm³/mol. The highest BCUT2D eigenvalue weighted by Crippen LogP contribution is 2.35. The molecule has 5 heteroatoms. The Morgan fingerprint density at radius 1 is 1.29 bits per heavy atom. The second-order valence-electron chi connectivity index (χ2n) is 5.01. The molecule has 4 N–H and O–H groups in total. The van der Waals surface area contributed by atoms with Crippen molar-refractivity contribution in [1.29, 1.82) is 0 Å². The summed E-state index contributed by atoms with van der Waals surface area (Å²) in [5.74, 6) is 0.0956. The zero-order chi connectivity index (χ0) is 12.5. The van der Waals surface area contributed by atoms with Crippen molar-refractivity contribution < 1.29 is 10.2 Å². The molecule has 3 nitrogen and oxygen atoms in total. The summed E-state index contributed by atoms with van der Waals surface area (Å²) in [6.07, 6.45) is -0.715. The Kier molecular flexibility index (Phi) is 5.94. The van der Waals surface area contributed by atoms with Crippen LogP contribution in [0.25, 0.3) is 0 Å². The van der Waals surface area contributed by atoms with E-state index in [0.29, 0.717) is 10.0 Å². The van der Waals surface area contributed by atoms with E-state index in [1.807, 2.05) is 20.8 Å². The number of phenols is 1. The second-order valence-corrected chi connectivity index (χ2v) is 5.87. The number of phenolic OH excluding ortho intramolecular Hbond substituents is 1. The summed E-state index contributed by atoms with van der Waals surface area (Å²) in [6.45, 7) is 5.73. The van der Waals surface area contributed by atoms with Crippen LogP contribution in [0.4, 0.5) is 0 Å². The molecule has 2 atom stereocenters. The van der Waals surface area contributed by atoms with E-state index < -0.39 is 12.1 Å². The smallest absolute Gasteiger partial charge is 0.134 e. The Labute approximate surface area is 117 Å². The number of benzene rings is 1. The lowest BCUT2D eigenvalue weighted by atomic mass is 9.82. The van der Waals surface area contributed by atoms with Crippen LogP contribution < -0.4 is 5.73 Å². The van der Waals surface area contributed by atoms with E-state index in [4.69, 9.17) is 5.73 Å². The lowest BCUT2D eigenvalue weighted by Crippen LogP contribution is -2.37. The molecule has 0 amide bonds. The van der Waals surface area contributed by atoms with E-state index in [9.17, 15) is 10.2 Å². The standard InChI is InChI=1S/C12H18BrNO2.ClH/c1-12(2,3)11(16)9(14)7-5-4-6-8(13)10(7)15;/h4-6,9,11,15-16H,14H2,1-3H3;1H/t9-,11-;/m0./s1. The van der Waals surface area contributed by atoms with Crippen molar-refractivity contribution in [3.63, 3.8) is 0 Å². The highest BCUT2D eigenvalue weighted by Gasteiger charge is 2.30. The normalized spacial score (nSPS) is 14.9. The first-order valence-corrected chi connectivity index (χ1v) is 5.95. The maximum absolute atomic E-state index is 10.1. The van der Waals surface area contributed by atoms with Crippen LogP contribution in [0.5, 0.6) is 5.75 Å². The predicted octanol–water partition coefficient (Wildman–Crippen LogP) is 2.98. The first kappa shape index (κ1) is 16.7. The molecule has 0 radical (unpaired) electrons. The van der Waals surface area contributed by atoms with Gasteiger partial charge in [0.25, 0.3) is 0 Å². The number of aliphatic hydroxyl groups excluding tert-OH is 1. The van der Waals surface area contributed by atoms with Gasteiger partial charge < -0.3 is 15.9 Å². The number of rotatable bonds is 2. The van der Waals surface area contributed by atoms with Gasteiger partial charge in [-0.2, -0.15) is 0 Å². The Bertz CT molecular complexity index is 379. The summed E-state index contributed by atoms with van der Waals surface area (Å²) < 4.78 is 0.585. The molecule has 0 saturated carbocycles. The third kappa shape index (κ3) is 3.85. The minimum absolute atomic E-state index is 0. The van der Waals surface area contributed by atoms with Gasteiger partial charge in [0.15, 0.2) is 0 Å². The van der Waals surface area contributed by atoms with Crippen molar-refractivity contribution in [2.75, 3.05) is 0 Å². The van der Waals surface area contributed by atoms with Crippen molar-refractivity contribution in [1.82, 2.24) is 0 Å². The van der Waals surface area contributed by atoms with Gasteiger partial charge in [-0.25, -0.2) is 0 Å². The molecule has 0 saturated heterocycles. The topological polar surface area (TPSA) is 66.5 Å². The average Bonchev–Trinajstić information content (AvgIpc) is 2.18. The third-order valence-corrected chi connectivity index (χ3v) is 3.24. The van der Waals surface area contributed by atoms with Crippen molar-refractivity contribution in [3.8, 4) is 5.75 Å². The number of halogens is 2. The molecular formula is C12H19BrClNO2. The van der Waals surface area contributed by atoms with Gasteiger partial charge in [0.05, 0.1) is 16.6 Å². The average molecular weight is 325 g/mol. The number of aromatic hydroxyl groups is 1. The van der Waals surface area contributed by atoms with E-state index in [1.165, 1.54) is 0 Å². The Balaban J connectivity index is 0.00000256. The van der Waals surface area contributed by atoms with Gasteiger partial charge in [-0.3, -0.25) is 0 Å². The summed E-state index contributed by atoms with van der Waals surface area (Å²) in [5.41, 5.74) is 6.19. The van der Waals surface area contributed by atoms with Gasteiger partial charge in [0, 0.05) is 5.56 Å². The minimum Gasteiger partial charge on any atom is -0.506 e. The van der Waals surface area contributed by atoms with Crippen LogP contribution in [-0.4, -0.2) is 16.3 Å². The zero-order valence-corrected chi connectivity index (χ0v) is 12.5. The Morgan fingerprint density at radius 3 is 2.29 bits per heavy atom. The highest BCUT2D eigenvalue weighted by molar-refractivity contribution is 9.10. The molecule has 0 bridgehead atoms. The monoisotopic (exact) mass is 323 g/mol. The molecule has 0 unspecified atom stereocenters. The van der Waals surface area contributed by atoms with Crippen LogP contribution >= 0.6 is 28.3 Å². The zero-order valence-electron chi connectivity index (χ0n) is 10.1. The second kappa shape index (κ2) is 6.05. The van der Waals surface area contributed by atoms with Gasteiger partial charge in [-0.05, 0) is 27.4 Å². The van der Waals surface area contributed by atoms with Crippen LogP contribution in [0.15, 0.2) is 22.7 Å². The molecule has 1 aromatic rings. The number of hydrogen-bond donors (Lipinski definition) is 3. The van der Waals surface area contributed by atoms with E-state index in [1.54, 1.807) is 18.2 Å². The molecule has 1 aromatic carbocycles. The minimum atomic E-state index is -0.715.